The van der Waals surface area contributed by atoms with Gasteiger partial charge in [0, 0.05) is 22.9 Å². The highest BCUT2D eigenvalue weighted by Gasteiger charge is 2.47. The SMILES string of the molecule is C=C=NC1(C)c2ccccc2N(c2ccc(-c3cc(-c4ccc5ocnc5c4)cc(-c4ccc5ocnc5c4)c3)cc2)C2C=CC=CC21. The van der Waals surface area contributed by atoms with E-state index in [1.165, 1.54) is 12.8 Å². The number of aliphatic imine (C=N–C) groups is 1. The van der Waals surface area contributed by atoms with E-state index in [1.807, 2.05) is 12.1 Å². The molecule has 3 unspecified atom stereocenters. The van der Waals surface area contributed by atoms with E-state index in [4.69, 9.17) is 13.8 Å². The lowest BCUT2D eigenvalue weighted by Crippen LogP contribution is -2.50. The summed E-state index contributed by atoms with van der Waals surface area (Å²) in [5, 5.41) is 0. The van der Waals surface area contributed by atoms with Gasteiger partial charge in [-0.15, -0.1) is 0 Å². The topological polar surface area (TPSA) is 67.7 Å². The fourth-order valence-corrected chi connectivity index (χ4v) is 7.44. The van der Waals surface area contributed by atoms with Crippen LogP contribution < -0.4 is 4.90 Å². The van der Waals surface area contributed by atoms with Gasteiger partial charge in [-0.05, 0) is 113 Å². The maximum Gasteiger partial charge on any atom is 0.181 e. The van der Waals surface area contributed by atoms with E-state index >= 15 is 0 Å². The second-order valence-electron chi connectivity index (χ2n) is 12.5. The highest BCUT2D eigenvalue weighted by Crippen LogP contribution is 2.51. The average molecular weight is 623 g/mol. The molecule has 2 aliphatic rings. The number of anilines is 2. The third-order valence-corrected chi connectivity index (χ3v) is 9.81. The largest absolute Gasteiger partial charge is 0.443 e. The van der Waals surface area contributed by atoms with Crippen LogP contribution in [0.5, 0.6) is 0 Å². The first-order valence-electron chi connectivity index (χ1n) is 16.0. The molecule has 230 valence electrons. The predicted molar refractivity (Wildman–Crippen MR) is 192 cm³/mol. The molecule has 0 radical (unpaired) electrons. The molecule has 0 spiro atoms. The van der Waals surface area contributed by atoms with Crippen molar-refractivity contribution in [2.75, 3.05) is 4.90 Å². The van der Waals surface area contributed by atoms with E-state index in [9.17, 15) is 0 Å². The highest BCUT2D eigenvalue weighted by atomic mass is 16.3. The molecule has 2 aromatic heterocycles. The summed E-state index contributed by atoms with van der Waals surface area (Å²) in [4.78, 5) is 16.1. The maximum absolute atomic E-state index is 5.52. The van der Waals surface area contributed by atoms with Crippen molar-refractivity contribution in [2.24, 2.45) is 10.9 Å². The molecule has 1 aliphatic carbocycles. The minimum Gasteiger partial charge on any atom is -0.443 e. The van der Waals surface area contributed by atoms with Gasteiger partial charge >= 0.3 is 0 Å². The molecule has 6 nitrogen and oxygen atoms in total. The molecule has 48 heavy (non-hydrogen) atoms. The lowest BCUT2D eigenvalue weighted by atomic mass is 9.70. The van der Waals surface area contributed by atoms with Crippen molar-refractivity contribution in [1.82, 2.24) is 9.97 Å². The second kappa shape index (κ2) is 10.9. The molecule has 9 rings (SSSR count). The van der Waals surface area contributed by atoms with Gasteiger partial charge in [0.05, 0.1) is 6.04 Å². The summed E-state index contributed by atoms with van der Waals surface area (Å²) >= 11 is 0. The molecule has 6 heteroatoms. The lowest BCUT2D eigenvalue weighted by Gasteiger charge is -2.49. The van der Waals surface area contributed by atoms with Crippen molar-refractivity contribution in [2.45, 2.75) is 18.5 Å². The van der Waals surface area contributed by atoms with Crippen LogP contribution in [0.1, 0.15) is 12.5 Å². The number of hydrogen-bond donors (Lipinski definition) is 0. The van der Waals surface area contributed by atoms with Gasteiger partial charge in [-0.1, -0.05) is 66.8 Å². The zero-order chi connectivity index (χ0) is 32.2. The number of para-hydroxylation sites is 1. The molecule has 0 bridgehead atoms. The Labute approximate surface area is 277 Å². The number of rotatable bonds is 5. The number of hydrogen-bond acceptors (Lipinski definition) is 6. The van der Waals surface area contributed by atoms with Crippen molar-refractivity contribution in [3.05, 3.63) is 152 Å². The van der Waals surface area contributed by atoms with Gasteiger partial charge in [-0.3, -0.25) is 0 Å². The van der Waals surface area contributed by atoms with Gasteiger partial charge in [-0.2, -0.15) is 0 Å². The quantitative estimate of drug-likeness (QED) is 0.179. The Bertz CT molecular complexity index is 2370. The monoisotopic (exact) mass is 622 g/mol. The molecule has 0 saturated heterocycles. The molecule has 3 atom stereocenters. The van der Waals surface area contributed by atoms with Gasteiger partial charge in [0.25, 0.3) is 0 Å². The number of fused-ring (bicyclic) bond motifs is 4. The number of oxazole rings is 2. The van der Waals surface area contributed by atoms with Gasteiger partial charge in [0.2, 0.25) is 0 Å². The minimum atomic E-state index is -0.471. The number of aromatic nitrogens is 2. The highest BCUT2D eigenvalue weighted by molar-refractivity contribution is 5.88. The number of allylic oxidation sites excluding steroid dienone is 2. The Balaban J connectivity index is 1.16. The molecule has 7 aromatic rings. The van der Waals surface area contributed by atoms with Crippen LogP contribution in [0.25, 0.3) is 55.6 Å². The zero-order valence-corrected chi connectivity index (χ0v) is 26.2. The molecule has 0 N–H and O–H groups in total. The lowest BCUT2D eigenvalue weighted by molar-refractivity contribution is 0.319. The molecular weight excluding hydrogens is 592 g/mol. The van der Waals surface area contributed by atoms with E-state index < -0.39 is 5.54 Å². The Kier molecular flexibility index (Phi) is 6.39. The molecule has 0 amide bonds. The van der Waals surface area contributed by atoms with Gasteiger partial charge in [0.15, 0.2) is 24.0 Å². The number of nitrogens with zero attached hydrogens (tertiary/aromatic N) is 4. The van der Waals surface area contributed by atoms with Gasteiger partial charge in [-0.25, -0.2) is 15.0 Å². The summed E-state index contributed by atoms with van der Waals surface area (Å²) in [6.07, 6.45) is 11.8. The zero-order valence-electron chi connectivity index (χ0n) is 26.2. The van der Waals surface area contributed by atoms with Crippen LogP contribution in [0, 0.1) is 5.92 Å². The fourth-order valence-electron chi connectivity index (χ4n) is 7.44. The summed E-state index contributed by atoms with van der Waals surface area (Å²) in [6, 6.07) is 36.5. The van der Waals surface area contributed by atoms with Crippen molar-refractivity contribution in [3.63, 3.8) is 0 Å². The summed E-state index contributed by atoms with van der Waals surface area (Å²) in [7, 11) is 0. The number of benzene rings is 5. The first kappa shape index (κ1) is 28.0. The van der Waals surface area contributed by atoms with Gasteiger partial charge < -0.3 is 13.7 Å². The Hall–Kier alpha value is -6.23. The van der Waals surface area contributed by atoms with E-state index in [0.29, 0.717) is 0 Å². The fraction of sp³-hybridized carbons (Fsp3) is 0.0952. The van der Waals surface area contributed by atoms with E-state index in [1.54, 1.807) is 0 Å². The van der Waals surface area contributed by atoms with Crippen LogP contribution in [-0.4, -0.2) is 21.9 Å². The van der Waals surface area contributed by atoms with Crippen molar-refractivity contribution in [3.8, 4) is 33.4 Å². The first-order chi connectivity index (χ1) is 23.6. The minimum absolute atomic E-state index is 0.0886. The summed E-state index contributed by atoms with van der Waals surface area (Å²) in [6.45, 7) is 6.03. The molecule has 1 aliphatic heterocycles. The first-order valence-corrected chi connectivity index (χ1v) is 16.0. The van der Waals surface area contributed by atoms with Gasteiger partial charge in [0.1, 0.15) is 16.6 Å². The smallest absolute Gasteiger partial charge is 0.181 e. The predicted octanol–water partition coefficient (Wildman–Crippen LogP) is 10.3. The van der Waals surface area contributed by atoms with Crippen molar-refractivity contribution >= 4 is 39.4 Å². The summed E-state index contributed by atoms with van der Waals surface area (Å²) in [5.41, 5.74) is 12.7. The third kappa shape index (κ3) is 4.46. The standard InChI is InChI=1S/C42H30N4O2/c1-3-45-42(2)34-8-4-6-10-38(34)46(39-11-7-5-9-35(39)42)33-16-12-27(13-17-33)30-20-31(28-14-18-40-36(23-28)43-25-47-40)22-32(21-30)29-15-19-41-37(24-29)44-26-48-41/h4-26,34,38H,1H2,2H3. The third-order valence-electron chi connectivity index (χ3n) is 9.81. The second-order valence-corrected chi connectivity index (χ2v) is 12.5. The summed E-state index contributed by atoms with van der Waals surface area (Å²) < 4.78 is 11.0. The van der Waals surface area contributed by atoms with Crippen molar-refractivity contribution in [1.29, 1.82) is 0 Å². The summed E-state index contributed by atoms with van der Waals surface area (Å²) in [5.74, 6) is 2.98. The Morgan fingerprint density at radius 2 is 1.27 bits per heavy atom. The van der Waals surface area contributed by atoms with Crippen molar-refractivity contribution < 1.29 is 8.83 Å². The van der Waals surface area contributed by atoms with Crippen LogP contribution in [0.2, 0.25) is 0 Å². The van der Waals surface area contributed by atoms with E-state index in [-0.39, 0.29) is 12.0 Å². The van der Waals surface area contributed by atoms with Crippen LogP contribution >= 0.6 is 0 Å². The van der Waals surface area contributed by atoms with E-state index in [0.717, 1.165) is 72.5 Å². The van der Waals surface area contributed by atoms with Crippen LogP contribution in [0.15, 0.2) is 161 Å². The molecule has 3 heterocycles. The molecule has 0 saturated carbocycles. The maximum atomic E-state index is 5.52. The Morgan fingerprint density at radius 3 is 1.92 bits per heavy atom. The van der Waals surface area contributed by atoms with Crippen LogP contribution in [0.3, 0.4) is 0 Å². The normalized spacial score (nSPS) is 19.6. The van der Waals surface area contributed by atoms with Crippen LogP contribution in [0.4, 0.5) is 11.4 Å². The molecule has 5 aromatic carbocycles. The van der Waals surface area contributed by atoms with E-state index in [2.05, 4.69) is 150 Å². The molecule has 0 fully saturated rings. The van der Waals surface area contributed by atoms with Crippen LogP contribution in [-0.2, 0) is 5.54 Å². The molecular formula is C42H30N4O2. The average Bonchev–Trinajstić information content (AvgIpc) is 3.81. The Morgan fingerprint density at radius 1 is 0.688 bits per heavy atom.